The second kappa shape index (κ2) is 3.89. The molecule has 0 saturated heterocycles. The zero-order valence-electron chi connectivity index (χ0n) is 9.64. The van der Waals surface area contributed by atoms with Gasteiger partial charge in [-0.1, -0.05) is 20.8 Å². The number of nitrogens with one attached hydrogen (secondary N) is 1. The third kappa shape index (κ3) is 2.47. The predicted octanol–water partition coefficient (Wildman–Crippen LogP) is 1.72. The van der Waals surface area contributed by atoms with Crippen LogP contribution in [0.15, 0.2) is 0 Å². The lowest BCUT2D eigenvalue weighted by atomic mass is 9.79. The number of ether oxygens (including phenoxy) is 1. The Morgan fingerprint density at radius 1 is 1.43 bits per heavy atom. The molecule has 1 saturated carbocycles. The van der Waals surface area contributed by atoms with E-state index in [0.717, 1.165) is 12.8 Å². The Kier molecular flexibility index (Phi) is 3.20. The molecule has 0 heterocycles. The van der Waals surface area contributed by atoms with Crippen LogP contribution in [0.5, 0.6) is 0 Å². The van der Waals surface area contributed by atoms with Crippen molar-refractivity contribution >= 4 is 5.91 Å². The molecule has 0 bridgehead atoms. The van der Waals surface area contributed by atoms with E-state index in [1.54, 1.807) is 7.11 Å². The van der Waals surface area contributed by atoms with Gasteiger partial charge in [-0.2, -0.15) is 0 Å². The number of amides is 1. The zero-order chi connectivity index (χ0) is 10.8. The monoisotopic (exact) mass is 199 g/mol. The van der Waals surface area contributed by atoms with Gasteiger partial charge in [0.05, 0.1) is 5.60 Å². The first-order valence-electron chi connectivity index (χ1n) is 5.23. The molecule has 1 N–H and O–H groups in total. The first-order chi connectivity index (χ1) is 6.40. The van der Waals surface area contributed by atoms with E-state index in [9.17, 15) is 4.79 Å². The second-order valence-electron chi connectivity index (χ2n) is 5.17. The molecular weight excluding hydrogens is 178 g/mol. The maximum absolute atomic E-state index is 11.6. The smallest absolute Gasteiger partial charge is 0.225 e. The van der Waals surface area contributed by atoms with Crippen molar-refractivity contribution in [3.05, 3.63) is 0 Å². The van der Waals surface area contributed by atoms with Crippen LogP contribution in [0.25, 0.3) is 0 Å². The number of carbonyl (C=O) groups excluding carboxylic acids is 1. The quantitative estimate of drug-likeness (QED) is 0.751. The van der Waals surface area contributed by atoms with Crippen molar-refractivity contribution in [2.75, 3.05) is 13.7 Å². The van der Waals surface area contributed by atoms with Crippen LogP contribution < -0.4 is 5.32 Å². The van der Waals surface area contributed by atoms with Gasteiger partial charge in [0.25, 0.3) is 0 Å². The van der Waals surface area contributed by atoms with E-state index in [0.29, 0.717) is 6.54 Å². The molecule has 3 nitrogen and oxygen atoms in total. The molecule has 0 aromatic carbocycles. The fourth-order valence-corrected chi connectivity index (χ4v) is 1.53. The third-order valence-electron chi connectivity index (χ3n) is 2.95. The van der Waals surface area contributed by atoms with Crippen molar-refractivity contribution < 1.29 is 9.53 Å². The number of hydrogen-bond donors (Lipinski definition) is 1. The minimum atomic E-state index is -0.307. The predicted molar refractivity (Wildman–Crippen MR) is 56.1 cm³/mol. The van der Waals surface area contributed by atoms with Crippen molar-refractivity contribution in [1.29, 1.82) is 0 Å². The lowest BCUT2D eigenvalue weighted by molar-refractivity contribution is -0.132. The van der Waals surface area contributed by atoms with E-state index in [-0.39, 0.29) is 16.9 Å². The number of methoxy groups -OCH3 is 1. The van der Waals surface area contributed by atoms with E-state index in [1.807, 2.05) is 20.8 Å². The van der Waals surface area contributed by atoms with Gasteiger partial charge in [-0.25, -0.2) is 0 Å². The molecule has 0 aromatic rings. The van der Waals surface area contributed by atoms with Crippen LogP contribution in [0.2, 0.25) is 0 Å². The second-order valence-corrected chi connectivity index (χ2v) is 5.17. The fraction of sp³-hybridized carbons (Fsp3) is 0.909. The van der Waals surface area contributed by atoms with E-state index in [2.05, 4.69) is 5.32 Å². The summed E-state index contributed by atoms with van der Waals surface area (Å²) in [4.78, 5) is 11.6. The van der Waals surface area contributed by atoms with Crippen molar-refractivity contribution in [3.8, 4) is 0 Å². The molecule has 3 heteroatoms. The topological polar surface area (TPSA) is 38.3 Å². The molecule has 1 aliphatic rings. The summed E-state index contributed by atoms with van der Waals surface area (Å²) in [5, 5.41) is 2.95. The Labute approximate surface area is 86.2 Å². The Morgan fingerprint density at radius 3 is 2.29 bits per heavy atom. The number of carbonyl (C=O) groups is 1. The molecule has 0 unspecified atom stereocenters. The average molecular weight is 199 g/mol. The standard InChI is InChI=1S/C11H21NO2/c1-10(2,3)9(13)12-8-11(14-4)6-5-7-11/h5-8H2,1-4H3,(H,12,13). The molecule has 0 atom stereocenters. The van der Waals surface area contributed by atoms with E-state index >= 15 is 0 Å². The number of hydrogen-bond acceptors (Lipinski definition) is 2. The summed E-state index contributed by atoms with van der Waals surface area (Å²) < 4.78 is 5.42. The minimum Gasteiger partial charge on any atom is -0.376 e. The highest BCUT2D eigenvalue weighted by Gasteiger charge is 2.37. The molecule has 0 aliphatic heterocycles. The van der Waals surface area contributed by atoms with Gasteiger partial charge in [0, 0.05) is 19.1 Å². The van der Waals surface area contributed by atoms with Crippen LogP contribution in [0.3, 0.4) is 0 Å². The summed E-state index contributed by atoms with van der Waals surface area (Å²) in [7, 11) is 1.72. The Morgan fingerprint density at radius 2 is 2.00 bits per heavy atom. The maximum Gasteiger partial charge on any atom is 0.225 e. The van der Waals surface area contributed by atoms with Gasteiger partial charge >= 0.3 is 0 Å². The third-order valence-corrected chi connectivity index (χ3v) is 2.95. The summed E-state index contributed by atoms with van der Waals surface area (Å²) in [5.41, 5.74) is -0.375. The van der Waals surface area contributed by atoms with E-state index in [4.69, 9.17) is 4.74 Å². The summed E-state index contributed by atoms with van der Waals surface area (Å²) in [5.74, 6) is 0.0980. The molecule has 0 aromatic heterocycles. The Bertz CT molecular complexity index is 208. The normalized spacial score (nSPS) is 20.0. The fourth-order valence-electron chi connectivity index (χ4n) is 1.53. The van der Waals surface area contributed by atoms with Gasteiger partial charge in [-0.15, -0.1) is 0 Å². The van der Waals surface area contributed by atoms with Crippen LogP contribution in [-0.2, 0) is 9.53 Å². The molecule has 0 spiro atoms. The van der Waals surface area contributed by atoms with Crippen LogP contribution in [0.4, 0.5) is 0 Å². The average Bonchev–Trinajstić information content (AvgIpc) is 2.01. The Balaban J connectivity index is 2.36. The maximum atomic E-state index is 11.6. The van der Waals surface area contributed by atoms with Crippen molar-refractivity contribution in [2.45, 2.75) is 45.6 Å². The van der Waals surface area contributed by atoms with Gasteiger partial charge in [-0.05, 0) is 19.3 Å². The molecule has 1 fully saturated rings. The summed E-state index contributed by atoms with van der Waals surface area (Å²) in [6, 6.07) is 0. The first-order valence-corrected chi connectivity index (χ1v) is 5.23. The van der Waals surface area contributed by atoms with Crippen LogP contribution >= 0.6 is 0 Å². The summed E-state index contributed by atoms with van der Waals surface area (Å²) in [6.45, 7) is 6.41. The summed E-state index contributed by atoms with van der Waals surface area (Å²) >= 11 is 0. The molecule has 82 valence electrons. The highest BCUT2D eigenvalue weighted by molar-refractivity contribution is 5.81. The molecule has 1 rings (SSSR count). The first kappa shape index (κ1) is 11.5. The van der Waals surface area contributed by atoms with Crippen molar-refractivity contribution in [2.24, 2.45) is 5.41 Å². The van der Waals surface area contributed by atoms with Gasteiger partial charge < -0.3 is 10.1 Å². The van der Waals surface area contributed by atoms with Crippen LogP contribution in [0, 0.1) is 5.41 Å². The number of rotatable bonds is 3. The van der Waals surface area contributed by atoms with Gasteiger partial charge in [0.1, 0.15) is 0 Å². The van der Waals surface area contributed by atoms with Crippen LogP contribution in [0.1, 0.15) is 40.0 Å². The van der Waals surface area contributed by atoms with E-state index in [1.165, 1.54) is 6.42 Å². The lowest BCUT2D eigenvalue weighted by Crippen LogP contribution is -2.51. The SMILES string of the molecule is COC1(CNC(=O)C(C)(C)C)CCC1. The van der Waals surface area contributed by atoms with Gasteiger partial charge in [-0.3, -0.25) is 4.79 Å². The summed E-state index contributed by atoms with van der Waals surface area (Å²) in [6.07, 6.45) is 3.33. The molecular formula is C11H21NO2. The van der Waals surface area contributed by atoms with Gasteiger partial charge in [0.2, 0.25) is 5.91 Å². The molecule has 1 aliphatic carbocycles. The van der Waals surface area contributed by atoms with Crippen molar-refractivity contribution in [1.82, 2.24) is 5.32 Å². The zero-order valence-corrected chi connectivity index (χ0v) is 9.64. The van der Waals surface area contributed by atoms with Gasteiger partial charge in [0.15, 0.2) is 0 Å². The van der Waals surface area contributed by atoms with E-state index < -0.39 is 0 Å². The minimum absolute atomic E-state index is 0.0685. The molecule has 0 radical (unpaired) electrons. The van der Waals surface area contributed by atoms with Crippen molar-refractivity contribution in [3.63, 3.8) is 0 Å². The largest absolute Gasteiger partial charge is 0.376 e. The highest BCUT2D eigenvalue weighted by Crippen LogP contribution is 2.34. The Hall–Kier alpha value is -0.570. The highest BCUT2D eigenvalue weighted by atomic mass is 16.5. The molecule has 14 heavy (non-hydrogen) atoms. The molecule has 1 amide bonds. The lowest BCUT2D eigenvalue weighted by Gasteiger charge is -2.41. The van der Waals surface area contributed by atoms with Crippen LogP contribution in [-0.4, -0.2) is 25.2 Å².